The van der Waals surface area contributed by atoms with Crippen LogP contribution in [0.5, 0.6) is 0 Å². The number of hydrogen-bond acceptors (Lipinski definition) is 2. The monoisotopic (exact) mass is 514 g/mol. The Labute approximate surface area is 235 Å². The molecule has 4 aromatic rings. The highest BCUT2D eigenvalue weighted by atomic mass is 15.2. The minimum atomic E-state index is -0.0602. The van der Waals surface area contributed by atoms with Gasteiger partial charge in [-0.1, -0.05) is 127 Å². The lowest BCUT2D eigenvalue weighted by Gasteiger charge is -2.30. The Balaban J connectivity index is 0.00000151. The lowest BCUT2D eigenvalue weighted by molar-refractivity contribution is 0.491. The number of likely N-dealkylation sites (N-methyl/N-ethyl adjacent to an activating group) is 2. The van der Waals surface area contributed by atoms with Crippen LogP contribution < -0.4 is 9.80 Å². The van der Waals surface area contributed by atoms with Crippen molar-refractivity contribution in [3.8, 4) is 0 Å². The second kappa shape index (κ2) is 10.1. The Morgan fingerprint density at radius 3 is 1.85 bits per heavy atom. The highest BCUT2D eigenvalue weighted by Crippen LogP contribution is 2.50. The minimum absolute atomic E-state index is 0.0180. The molecule has 2 heterocycles. The Hall–Kier alpha value is -3.78. The van der Waals surface area contributed by atoms with E-state index in [1.165, 1.54) is 49.7 Å². The third-order valence-electron chi connectivity index (χ3n) is 8.75. The smallest absolute Gasteiger partial charge is 0.0565 e. The third kappa shape index (κ3) is 4.18. The molecular formula is C37H42N2. The summed E-state index contributed by atoms with van der Waals surface area (Å²) in [5, 5.41) is 5.34. The Morgan fingerprint density at radius 2 is 1.21 bits per heavy atom. The predicted octanol–water partition coefficient (Wildman–Crippen LogP) is 9.54. The second-order valence-corrected chi connectivity index (χ2v) is 11.6. The van der Waals surface area contributed by atoms with Gasteiger partial charge in [-0.05, 0) is 50.9 Å². The van der Waals surface area contributed by atoms with Gasteiger partial charge < -0.3 is 9.80 Å². The van der Waals surface area contributed by atoms with Crippen LogP contribution in [-0.2, 0) is 10.8 Å². The van der Waals surface area contributed by atoms with Crippen LogP contribution in [0, 0.1) is 0 Å². The van der Waals surface area contributed by atoms with E-state index in [-0.39, 0.29) is 10.8 Å². The van der Waals surface area contributed by atoms with E-state index in [4.69, 9.17) is 0 Å². The number of hydrogen-bond donors (Lipinski definition) is 0. The molecule has 0 N–H and O–H groups in total. The van der Waals surface area contributed by atoms with E-state index in [0.29, 0.717) is 6.04 Å². The molecule has 4 aromatic carbocycles. The second-order valence-electron chi connectivity index (χ2n) is 11.6. The highest BCUT2D eigenvalue weighted by Gasteiger charge is 2.42. The van der Waals surface area contributed by atoms with Gasteiger partial charge in [0, 0.05) is 42.0 Å². The van der Waals surface area contributed by atoms with Crippen molar-refractivity contribution in [3.63, 3.8) is 0 Å². The summed E-state index contributed by atoms with van der Waals surface area (Å²) in [4.78, 5) is 4.78. The van der Waals surface area contributed by atoms with Crippen molar-refractivity contribution in [2.75, 3.05) is 23.9 Å². The molecule has 1 atom stereocenters. The van der Waals surface area contributed by atoms with Gasteiger partial charge in [0.2, 0.25) is 0 Å². The zero-order valence-corrected chi connectivity index (χ0v) is 24.8. The van der Waals surface area contributed by atoms with Crippen LogP contribution in [0.1, 0.15) is 52.7 Å². The molecule has 1 unspecified atom stereocenters. The van der Waals surface area contributed by atoms with Gasteiger partial charge in [-0.15, -0.1) is 0 Å². The molecular weight excluding hydrogens is 472 g/mol. The van der Waals surface area contributed by atoms with E-state index in [1.807, 2.05) is 13.8 Å². The van der Waals surface area contributed by atoms with E-state index in [9.17, 15) is 0 Å². The highest BCUT2D eigenvalue weighted by molar-refractivity contribution is 5.95. The first kappa shape index (κ1) is 26.8. The van der Waals surface area contributed by atoms with E-state index in [1.54, 1.807) is 0 Å². The number of rotatable bonds is 3. The van der Waals surface area contributed by atoms with Gasteiger partial charge in [0.25, 0.3) is 0 Å². The first-order valence-corrected chi connectivity index (χ1v) is 14.3. The SMILES string of the molecule is CC.CN1/C(=C/C=C/C=C/C2N(C)c3ccc4ccccc4c3C2(C)C)C(C)(C)c2c1ccc1ccccc21. The zero-order valence-electron chi connectivity index (χ0n) is 24.8. The molecule has 39 heavy (non-hydrogen) atoms. The van der Waals surface area contributed by atoms with Crippen LogP contribution in [0.25, 0.3) is 21.5 Å². The van der Waals surface area contributed by atoms with Gasteiger partial charge in [0.1, 0.15) is 0 Å². The van der Waals surface area contributed by atoms with Gasteiger partial charge in [-0.3, -0.25) is 0 Å². The summed E-state index contributed by atoms with van der Waals surface area (Å²) < 4.78 is 0. The molecule has 0 spiro atoms. The van der Waals surface area contributed by atoms with E-state index in [0.717, 1.165) is 0 Å². The van der Waals surface area contributed by atoms with E-state index < -0.39 is 0 Å². The largest absolute Gasteiger partial charge is 0.367 e. The lowest BCUT2D eigenvalue weighted by Crippen LogP contribution is -2.37. The molecule has 2 aliphatic heterocycles. The number of anilines is 2. The maximum Gasteiger partial charge on any atom is 0.0565 e. The fraction of sp³-hybridized carbons (Fsp3) is 0.297. The molecule has 0 saturated heterocycles. The summed E-state index contributed by atoms with van der Waals surface area (Å²) in [7, 11) is 4.41. The maximum absolute atomic E-state index is 2.43. The summed E-state index contributed by atoms with van der Waals surface area (Å²) in [6.45, 7) is 13.4. The number of fused-ring (bicyclic) bond motifs is 6. The summed E-state index contributed by atoms with van der Waals surface area (Å²) in [5.74, 6) is 0. The van der Waals surface area contributed by atoms with Gasteiger partial charge in [-0.2, -0.15) is 0 Å². The standard InChI is InChI=1S/C35H36N2.C2H6/c1-34(2)30(36(5)28-22-20-24-14-10-12-16-26(24)32(28)34)18-8-7-9-19-31-35(3,4)33-27-17-13-11-15-25(27)21-23-29(33)37(31)6;1-2/h7-23,30H,1-6H3;1-2H3/b9-7+,18-8+,31-19+;. The molecule has 0 amide bonds. The summed E-state index contributed by atoms with van der Waals surface area (Å²) in [6.07, 6.45) is 11.2. The molecule has 2 aliphatic rings. The summed E-state index contributed by atoms with van der Waals surface area (Å²) in [5.41, 5.74) is 6.79. The van der Waals surface area contributed by atoms with Crippen LogP contribution in [0.2, 0.25) is 0 Å². The van der Waals surface area contributed by atoms with Crippen molar-refractivity contribution in [2.45, 2.75) is 58.4 Å². The minimum Gasteiger partial charge on any atom is -0.367 e. The number of benzene rings is 4. The third-order valence-corrected chi connectivity index (χ3v) is 8.75. The van der Waals surface area contributed by atoms with Crippen molar-refractivity contribution in [2.24, 2.45) is 0 Å². The molecule has 0 radical (unpaired) electrons. The van der Waals surface area contributed by atoms with E-state index in [2.05, 4.69) is 155 Å². The molecule has 0 aromatic heterocycles. The van der Waals surface area contributed by atoms with Crippen molar-refractivity contribution in [3.05, 3.63) is 120 Å². The zero-order chi connectivity index (χ0) is 27.9. The normalized spacial score (nSPS) is 20.2. The van der Waals surface area contributed by atoms with Crippen molar-refractivity contribution in [1.82, 2.24) is 0 Å². The predicted molar refractivity (Wildman–Crippen MR) is 172 cm³/mol. The van der Waals surface area contributed by atoms with Crippen molar-refractivity contribution < 1.29 is 0 Å². The molecule has 2 heteroatoms. The molecule has 0 aliphatic carbocycles. The Bertz CT molecular complexity index is 1620. The first-order chi connectivity index (χ1) is 18.7. The molecule has 0 saturated carbocycles. The molecule has 6 rings (SSSR count). The summed E-state index contributed by atoms with van der Waals surface area (Å²) >= 11 is 0. The molecule has 0 fully saturated rings. The van der Waals surface area contributed by atoms with Crippen LogP contribution in [0.15, 0.2) is 109 Å². The maximum atomic E-state index is 2.43. The van der Waals surface area contributed by atoms with Crippen LogP contribution in [-0.4, -0.2) is 20.1 Å². The van der Waals surface area contributed by atoms with Crippen LogP contribution >= 0.6 is 0 Å². The average Bonchev–Trinajstić information content (AvgIpc) is 3.27. The van der Waals surface area contributed by atoms with E-state index >= 15 is 0 Å². The number of nitrogens with zero attached hydrogens (tertiary/aromatic N) is 2. The molecule has 0 bridgehead atoms. The van der Waals surface area contributed by atoms with Crippen LogP contribution in [0.3, 0.4) is 0 Å². The average molecular weight is 515 g/mol. The fourth-order valence-electron chi connectivity index (χ4n) is 6.96. The van der Waals surface area contributed by atoms with Crippen LogP contribution in [0.4, 0.5) is 11.4 Å². The first-order valence-electron chi connectivity index (χ1n) is 14.3. The van der Waals surface area contributed by atoms with Crippen molar-refractivity contribution >= 4 is 32.9 Å². The Morgan fingerprint density at radius 1 is 0.641 bits per heavy atom. The molecule has 2 nitrogen and oxygen atoms in total. The van der Waals surface area contributed by atoms with Gasteiger partial charge in [-0.25, -0.2) is 0 Å². The Kier molecular flexibility index (Phi) is 6.93. The topological polar surface area (TPSA) is 6.48 Å². The van der Waals surface area contributed by atoms with Gasteiger partial charge in [0.15, 0.2) is 0 Å². The molecule has 200 valence electrons. The lowest BCUT2D eigenvalue weighted by atomic mass is 9.78. The summed E-state index contributed by atoms with van der Waals surface area (Å²) in [6, 6.07) is 26.8. The van der Waals surface area contributed by atoms with Crippen molar-refractivity contribution in [1.29, 1.82) is 0 Å². The van der Waals surface area contributed by atoms with Gasteiger partial charge in [0.05, 0.1) is 6.04 Å². The van der Waals surface area contributed by atoms with Gasteiger partial charge >= 0.3 is 0 Å². The quantitative estimate of drug-likeness (QED) is 0.251. The fourth-order valence-corrected chi connectivity index (χ4v) is 6.96. The number of allylic oxidation sites excluding steroid dienone is 5.